The van der Waals surface area contributed by atoms with Gasteiger partial charge in [-0.1, -0.05) is 5.16 Å². The number of hydrogen-bond acceptors (Lipinski definition) is 7. The Hall–Kier alpha value is -0.730. The summed E-state index contributed by atoms with van der Waals surface area (Å²) in [5.74, 6) is 1.75. The van der Waals surface area contributed by atoms with Crippen molar-refractivity contribution in [3.8, 4) is 0 Å². The molecule has 1 unspecified atom stereocenters. The summed E-state index contributed by atoms with van der Waals surface area (Å²) >= 11 is 1.83. The van der Waals surface area contributed by atoms with E-state index < -0.39 is 0 Å². The number of piperidine rings is 1. The molecule has 2 N–H and O–H groups in total. The number of thiazole rings is 1. The van der Waals surface area contributed by atoms with Crippen molar-refractivity contribution in [3.05, 3.63) is 27.3 Å². The molecular weight excluding hydrogens is 357 g/mol. The Morgan fingerprint density at radius 1 is 1.30 bits per heavy atom. The van der Waals surface area contributed by atoms with Gasteiger partial charge in [-0.25, -0.2) is 4.98 Å². The normalized spacial score (nSPS) is 18.3. The van der Waals surface area contributed by atoms with E-state index in [1.807, 2.05) is 11.3 Å². The van der Waals surface area contributed by atoms with Crippen molar-refractivity contribution in [1.29, 1.82) is 0 Å². The van der Waals surface area contributed by atoms with E-state index in [9.17, 15) is 0 Å². The van der Waals surface area contributed by atoms with Crippen molar-refractivity contribution in [3.63, 3.8) is 0 Å². The Labute approximate surface area is 152 Å². The zero-order valence-electron chi connectivity index (χ0n) is 13.3. The molecule has 9 heteroatoms. The highest BCUT2D eigenvalue weighted by Crippen LogP contribution is 2.31. The van der Waals surface area contributed by atoms with Gasteiger partial charge in [-0.2, -0.15) is 4.98 Å². The van der Waals surface area contributed by atoms with Gasteiger partial charge < -0.3 is 10.3 Å². The monoisotopic (exact) mass is 379 g/mol. The molecule has 0 bridgehead atoms. The maximum atomic E-state index is 5.49. The highest BCUT2D eigenvalue weighted by molar-refractivity contribution is 7.11. The fraction of sp³-hybridized carbons (Fsp3) is 0.643. The largest absolute Gasteiger partial charge is 0.338 e. The summed E-state index contributed by atoms with van der Waals surface area (Å²) in [5.41, 5.74) is 6.66. The molecule has 0 spiro atoms. The predicted molar refractivity (Wildman–Crippen MR) is 95.5 cm³/mol. The van der Waals surface area contributed by atoms with E-state index in [1.54, 1.807) is 0 Å². The maximum absolute atomic E-state index is 5.49. The Balaban J connectivity index is 0.00000132. The van der Waals surface area contributed by atoms with Gasteiger partial charge in [-0.15, -0.1) is 36.2 Å². The lowest BCUT2D eigenvalue weighted by Crippen LogP contribution is -2.34. The van der Waals surface area contributed by atoms with Crippen LogP contribution in [-0.2, 0) is 13.1 Å². The summed E-state index contributed by atoms with van der Waals surface area (Å²) in [4.78, 5) is 12.7. The van der Waals surface area contributed by atoms with Crippen LogP contribution < -0.4 is 5.73 Å². The zero-order valence-corrected chi connectivity index (χ0v) is 15.8. The standard InChI is InChI=1S/C14H21N5OS.2ClH/c1-9-10(2)21-14(16-9)11-4-3-5-19(7-11)8-12-17-13(6-15)20-18-12;;/h11H,3-8,15H2,1-2H3;2*1H. The molecule has 130 valence electrons. The fourth-order valence-electron chi connectivity index (χ4n) is 2.71. The fourth-order valence-corrected chi connectivity index (χ4v) is 3.76. The van der Waals surface area contributed by atoms with E-state index in [4.69, 9.17) is 15.2 Å². The summed E-state index contributed by atoms with van der Waals surface area (Å²) in [6.07, 6.45) is 2.40. The molecule has 1 saturated heterocycles. The van der Waals surface area contributed by atoms with Gasteiger partial charge in [0.1, 0.15) is 0 Å². The van der Waals surface area contributed by atoms with Crippen LogP contribution in [-0.4, -0.2) is 33.1 Å². The lowest BCUT2D eigenvalue weighted by Gasteiger charge is -2.30. The number of aryl methyl sites for hydroxylation is 2. The van der Waals surface area contributed by atoms with E-state index in [0.29, 0.717) is 18.4 Å². The van der Waals surface area contributed by atoms with Crippen molar-refractivity contribution in [2.24, 2.45) is 5.73 Å². The highest BCUT2D eigenvalue weighted by Gasteiger charge is 2.25. The zero-order chi connectivity index (χ0) is 14.8. The number of aromatic nitrogens is 3. The van der Waals surface area contributed by atoms with Crippen LogP contribution in [0, 0.1) is 13.8 Å². The Bertz CT molecular complexity index is 599. The molecular formula is C14H23Cl2N5OS. The number of nitrogens with two attached hydrogens (primary N) is 1. The lowest BCUT2D eigenvalue weighted by atomic mass is 9.99. The molecule has 1 aliphatic heterocycles. The second-order valence-electron chi connectivity index (χ2n) is 5.58. The van der Waals surface area contributed by atoms with E-state index in [-0.39, 0.29) is 24.8 Å². The molecule has 1 fully saturated rings. The molecule has 0 saturated carbocycles. The molecule has 0 aromatic carbocycles. The predicted octanol–water partition coefficient (Wildman–Crippen LogP) is 2.82. The van der Waals surface area contributed by atoms with Crippen LogP contribution in [0.1, 0.15) is 46.1 Å². The van der Waals surface area contributed by atoms with Crippen LogP contribution in [0.3, 0.4) is 0 Å². The van der Waals surface area contributed by atoms with E-state index in [0.717, 1.165) is 31.2 Å². The Morgan fingerprint density at radius 3 is 2.70 bits per heavy atom. The van der Waals surface area contributed by atoms with Crippen LogP contribution in [0.5, 0.6) is 0 Å². The van der Waals surface area contributed by atoms with Crippen molar-refractivity contribution < 1.29 is 4.52 Å². The van der Waals surface area contributed by atoms with Gasteiger partial charge in [-0.3, -0.25) is 4.90 Å². The minimum atomic E-state index is 0. The second-order valence-corrected chi connectivity index (χ2v) is 6.81. The van der Waals surface area contributed by atoms with Gasteiger partial charge in [0.15, 0.2) is 5.82 Å². The molecule has 1 aliphatic rings. The topological polar surface area (TPSA) is 81.1 Å². The highest BCUT2D eigenvalue weighted by atomic mass is 35.5. The van der Waals surface area contributed by atoms with Crippen LogP contribution in [0.15, 0.2) is 4.52 Å². The maximum Gasteiger partial charge on any atom is 0.240 e. The molecule has 6 nitrogen and oxygen atoms in total. The van der Waals surface area contributed by atoms with E-state index in [1.165, 1.54) is 22.7 Å². The SMILES string of the molecule is Cc1nc(C2CCCN(Cc3noc(CN)n3)C2)sc1C.Cl.Cl. The van der Waals surface area contributed by atoms with E-state index in [2.05, 4.69) is 28.9 Å². The first-order valence-electron chi connectivity index (χ1n) is 7.33. The van der Waals surface area contributed by atoms with Crippen molar-refractivity contribution in [2.75, 3.05) is 13.1 Å². The molecule has 3 heterocycles. The Kier molecular flexibility index (Phi) is 7.89. The minimum absolute atomic E-state index is 0. The summed E-state index contributed by atoms with van der Waals surface area (Å²) in [5, 5.41) is 5.25. The molecule has 0 radical (unpaired) electrons. The third kappa shape index (κ3) is 4.87. The molecule has 0 aliphatic carbocycles. The summed E-state index contributed by atoms with van der Waals surface area (Å²) < 4.78 is 5.06. The van der Waals surface area contributed by atoms with Gasteiger partial charge in [-0.05, 0) is 33.2 Å². The average Bonchev–Trinajstić information content (AvgIpc) is 3.07. The van der Waals surface area contributed by atoms with Gasteiger partial charge in [0.05, 0.1) is 23.8 Å². The number of nitrogens with zero attached hydrogens (tertiary/aromatic N) is 4. The molecule has 2 aromatic rings. The third-order valence-electron chi connectivity index (χ3n) is 3.95. The third-order valence-corrected chi connectivity index (χ3v) is 5.18. The lowest BCUT2D eigenvalue weighted by molar-refractivity contribution is 0.193. The van der Waals surface area contributed by atoms with Crippen LogP contribution in [0.25, 0.3) is 0 Å². The number of hydrogen-bond donors (Lipinski definition) is 1. The number of halogens is 2. The van der Waals surface area contributed by atoms with Crippen molar-refractivity contribution >= 4 is 36.2 Å². The van der Waals surface area contributed by atoms with Crippen LogP contribution in [0.2, 0.25) is 0 Å². The van der Waals surface area contributed by atoms with Crippen LogP contribution >= 0.6 is 36.2 Å². The molecule has 23 heavy (non-hydrogen) atoms. The van der Waals surface area contributed by atoms with Crippen LogP contribution in [0.4, 0.5) is 0 Å². The first-order valence-corrected chi connectivity index (χ1v) is 8.15. The molecule has 2 aromatic heterocycles. The minimum Gasteiger partial charge on any atom is -0.338 e. The smallest absolute Gasteiger partial charge is 0.240 e. The van der Waals surface area contributed by atoms with Crippen molar-refractivity contribution in [2.45, 2.75) is 45.7 Å². The summed E-state index contributed by atoms with van der Waals surface area (Å²) in [7, 11) is 0. The quantitative estimate of drug-likeness (QED) is 0.879. The van der Waals surface area contributed by atoms with Crippen molar-refractivity contribution in [1.82, 2.24) is 20.0 Å². The molecule has 1 atom stereocenters. The number of rotatable bonds is 4. The second kappa shape index (κ2) is 8.94. The molecule has 0 amide bonds. The average molecular weight is 380 g/mol. The summed E-state index contributed by atoms with van der Waals surface area (Å²) in [6, 6.07) is 0. The first-order chi connectivity index (χ1) is 10.2. The van der Waals surface area contributed by atoms with E-state index >= 15 is 0 Å². The van der Waals surface area contributed by atoms with Gasteiger partial charge >= 0.3 is 0 Å². The van der Waals surface area contributed by atoms with Gasteiger partial charge in [0.2, 0.25) is 5.89 Å². The molecule has 3 rings (SSSR count). The van der Waals surface area contributed by atoms with Gasteiger partial charge in [0.25, 0.3) is 0 Å². The van der Waals surface area contributed by atoms with Gasteiger partial charge in [0, 0.05) is 17.3 Å². The number of likely N-dealkylation sites (tertiary alicyclic amines) is 1. The first kappa shape index (κ1) is 20.3. The summed E-state index contributed by atoms with van der Waals surface area (Å²) in [6.45, 7) is 7.34. The Morgan fingerprint density at radius 2 is 2.09 bits per heavy atom.